The van der Waals surface area contributed by atoms with Crippen molar-refractivity contribution in [2.24, 2.45) is 0 Å². The Bertz CT molecular complexity index is 1650. The topological polar surface area (TPSA) is 48.8 Å². The Kier molecular flexibility index (Phi) is 7.86. The monoisotopic (exact) mass is 717 g/mol. The summed E-state index contributed by atoms with van der Waals surface area (Å²) in [5.74, 6) is 0.603. The highest BCUT2D eigenvalue weighted by molar-refractivity contribution is 14.1. The van der Waals surface area contributed by atoms with E-state index in [-0.39, 0.29) is 17.8 Å². The van der Waals surface area contributed by atoms with Crippen molar-refractivity contribution in [3.8, 4) is 22.8 Å². The lowest BCUT2D eigenvalue weighted by atomic mass is 9.88. The third-order valence-electron chi connectivity index (χ3n) is 8.71. The number of aromatic nitrogens is 2. The summed E-state index contributed by atoms with van der Waals surface area (Å²) < 4.78 is 50.1. The summed E-state index contributed by atoms with van der Waals surface area (Å²) in [6, 6.07) is 17.0. The molecule has 0 aliphatic carbocycles. The lowest BCUT2D eigenvalue weighted by Crippen LogP contribution is -2.35. The average Bonchev–Trinajstić information content (AvgIpc) is 3.47. The maximum absolute atomic E-state index is 14.8. The molecule has 7 rings (SSSR count). The maximum Gasteiger partial charge on any atom is 0.278 e. The molecule has 2 atom stereocenters. The number of para-hydroxylation sites is 1. The Balaban J connectivity index is 1.07. The van der Waals surface area contributed by atoms with E-state index in [2.05, 4.69) is 38.1 Å². The van der Waals surface area contributed by atoms with Gasteiger partial charge in [0.1, 0.15) is 26.9 Å². The van der Waals surface area contributed by atoms with Crippen LogP contribution < -0.4 is 9.47 Å². The molecular formula is C33H31ClF2IN3O3. The van der Waals surface area contributed by atoms with Gasteiger partial charge in [0.05, 0.1) is 24.8 Å². The highest BCUT2D eigenvalue weighted by Gasteiger charge is 2.43. The lowest BCUT2D eigenvalue weighted by Gasteiger charge is -2.33. The molecule has 0 bridgehead atoms. The van der Waals surface area contributed by atoms with Gasteiger partial charge in [-0.05, 0) is 109 Å². The largest absolute Gasteiger partial charge is 0.444 e. The first-order valence-electron chi connectivity index (χ1n) is 14.6. The molecule has 4 aromatic rings. The van der Waals surface area contributed by atoms with E-state index < -0.39 is 11.6 Å². The predicted octanol–water partition coefficient (Wildman–Crippen LogP) is 7.90. The Hall–Kier alpha value is -2.73. The number of imidazole rings is 1. The molecular weight excluding hydrogens is 687 g/mol. The van der Waals surface area contributed by atoms with E-state index in [1.165, 1.54) is 18.2 Å². The van der Waals surface area contributed by atoms with Gasteiger partial charge in [0, 0.05) is 29.7 Å². The first-order chi connectivity index (χ1) is 20.8. The highest BCUT2D eigenvalue weighted by atomic mass is 127. The minimum Gasteiger partial charge on any atom is -0.444 e. The molecule has 2 unspecified atom stereocenters. The molecule has 0 N–H and O–H groups in total. The van der Waals surface area contributed by atoms with Crippen LogP contribution in [0.1, 0.15) is 49.1 Å². The van der Waals surface area contributed by atoms with Crippen LogP contribution in [-0.2, 0) is 23.6 Å². The normalized spacial score (nSPS) is 22.1. The first kappa shape index (κ1) is 29.0. The summed E-state index contributed by atoms with van der Waals surface area (Å²) in [6.45, 7) is 5.82. The number of nitrogens with zero attached hydrogens (tertiary/aromatic N) is 3. The predicted molar refractivity (Wildman–Crippen MR) is 168 cm³/mol. The molecule has 0 amide bonds. The van der Waals surface area contributed by atoms with E-state index >= 15 is 0 Å². The summed E-state index contributed by atoms with van der Waals surface area (Å²) in [4.78, 5) is 7.50. The molecule has 43 heavy (non-hydrogen) atoms. The Morgan fingerprint density at radius 3 is 2.49 bits per heavy atom. The van der Waals surface area contributed by atoms with Crippen molar-refractivity contribution in [3.63, 3.8) is 0 Å². The van der Waals surface area contributed by atoms with E-state index in [4.69, 9.17) is 30.8 Å². The average molecular weight is 718 g/mol. The first-order valence-corrected chi connectivity index (χ1v) is 16.0. The summed E-state index contributed by atoms with van der Waals surface area (Å²) in [6.07, 6.45) is 3.13. The van der Waals surface area contributed by atoms with Gasteiger partial charge in [-0.15, -0.1) is 0 Å². The van der Waals surface area contributed by atoms with Crippen LogP contribution in [0.3, 0.4) is 0 Å². The van der Waals surface area contributed by atoms with Gasteiger partial charge in [-0.3, -0.25) is 4.90 Å². The number of ether oxygens (including phenoxy) is 3. The van der Waals surface area contributed by atoms with Crippen molar-refractivity contribution in [2.75, 3.05) is 19.7 Å². The minimum atomic E-state index is -1.27. The van der Waals surface area contributed by atoms with Crippen LogP contribution in [0.15, 0.2) is 60.7 Å². The number of halogens is 4. The van der Waals surface area contributed by atoms with Gasteiger partial charge in [-0.2, -0.15) is 0 Å². The zero-order valence-corrected chi connectivity index (χ0v) is 26.6. The number of likely N-dealkylation sites (tertiary alicyclic amines) is 1. The number of benzene rings is 3. The van der Waals surface area contributed by atoms with E-state index in [1.54, 1.807) is 31.2 Å². The molecule has 4 heterocycles. The number of rotatable bonds is 7. The molecule has 2 fully saturated rings. The smallest absolute Gasteiger partial charge is 0.278 e. The molecule has 0 saturated carbocycles. The van der Waals surface area contributed by atoms with Crippen LogP contribution in [0, 0.1) is 15.3 Å². The van der Waals surface area contributed by atoms with E-state index in [1.807, 2.05) is 12.1 Å². The molecule has 224 valence electrons. The van der Waals surface area contributed by atoms with Crippen LogP contribution >= 0.6 is 34.2 Å². The SMILES string of the molecule is CC1(c2ccc(Cl)cc2F)Oc2cccc(C3CCN(Cc4nc(-c5ccc(F)cc5)c(I)n4CC4CCO4)CC3)c2O1. The molecule has 2 saturated heterocycles. The quantitative estimate of drug-likeness (QED) is 0.182. The van der Waals surface area contributed by atoms with Gasteiger partial charge in [0.15, 0.2) is 11.5 Å². The number of fused-ring (bicyclic) bond motifs is 1. The van der Waals surface area contributed by atoms with Crippen molar-refractivity contribution in [2.45, 2.75) is 57.1 Å². The number of hydrogen-bond donors (Lipinski definition) is 0. The van der Waals surface area contributed by atoms with Crippen molar-refractivity contribution in [3.05, 3.63) is 98.0 Å². The van der Waals surface area contributed by atoms with Gasteiger partial charge in [0.25, 0.3) is 5.79 Å². The summed E-state index contributed by atoms with van der Waals surface area (Å²) >= 11 is 8.34. The van der Waals surface area contributed by atoms with Crippen molar-refractivity contribution in [1.29, 1.82) is 0 Å². The molecule has 1 aromatic heterocycles. The van der Waals surface area contributed by atoms with Crippen LogP contribution in [0.4, 0.5) is 8.78 Å². The summed E-state index contributed by atoms with van der Waals surface area (Å²) in [5, 5.41) is 0.327. The van der Waals surface area contributed by atoms with Crippen molar-refractivity contribution < 1.29 is 23.0 Å². The second kappa shape index (κ2) is 11.6. The second-order valence-electron chi connectivity index (χ2n) is 11.6. The van der Waals surface area contributed by atoms with Crippen LogP contribution in [0.25, 0.3) is 11.3 Å². The lowest BCUT2D eigenvalue weighted by molar-refractivity contribution is -0.0712. The van der Waals surface area contributed by atoms with E-state index in [0.717, 1.165) is 78.4 Å². The third kappa shape index (κ3) is 5.65. The van der Waals surface area contributed by atoms with Gasteiger partial charge in [-0.1, -0.05) is 23.7 Å². The Labute approximate surface area is 268 Å². The van der Waals surface area contributed by atoms with Crippen LogP contribution in [0.2, 0.25) is 5.02 Å². The zero-order valence-electron chi connectivity index (χ0n) is 23.7. The molecule has 3 aliphatic rings. The fourth-order valence-corrected chi connectivity index (χ4v) is 7.31. The zero-order chi connectivity index (χ0) is 29.7. The standard InChI is InChI=1S/C33H31ClF2IN3O3/c1-33(26-10-7-22(34)17-27(26)36)42-28-4-2-3-25(31(28)43-33)20-11-14-39(15-12-20)19-29-38-30(21-5-8-23(35)9-6-21)32(37)40(29)18-24-13-16-41-24/h2-10,17,20,24H,11-16,18-19H2,1H3. The van der Waals surface area contributed by atoms with Gasteiger partial charge in [0.2, 0.25) is 0 Å². The fraction of sp³-hybridized carbons (Fsp3) is 0.364. The van der Waals surface area contributed by atoms with Crippen molar-refractivity contribution in [1.82, 2.24) is 14.5 Å². The van der Waals surface area contributed by atoms with Crippen molar-refractivity contribution >= 4 is 34.2 Å². The van der Waals surface area contributed by atoms with Crippen LogP contribution in [0.5, 0.6) is 11.5 Å². The van der Waals surface area contributed by atoms with Gasteiger partial charge in [-0.25, -0.2) is 13.8 Å². The number of hydrogen-bond acceptors (Lipinski definition) is 5. The number of piperidine rings is 1. The fourth-order valence-electron chi connectivity index (χ4n) is 6.25. The molecule has 10 heteroatoms. The van der Waals surface area contributed by atoms with Gasteiger partial charge >= 0.3 is 0 Å². The molecule has 0 spiro atoms. The molecule has 3 aromatic carbocycles. The van der Waals surface area contributed by atoms with E-state index in [0.29, 0.717) is 22.1 Å². The highest BCUT2D eigenvalue weighted by Crippen LogP contribution is 2.50. The summed E-state index contributed by atoms with van der Waals surface area (Å²) in [7, 11) is 0. The second-order valence-corrected chi connectivity index (χ2v) is 13.0. The molecule has 0 radical (unpaired) electrons. The minimum absolute atomic E-state index is 0.197. The molecule has 3 aliphatic heterocycles. The van der Waals surface area contributed by atoms with Crippen LogP contribution in [-0.4, -0.2) is 40.3 Å². The maximum atomic E-state index is 14.8. The molecule has 6 nitrogen and oxygen atoms in total. The Morgan fingerprint density at radius 1 is 1.02 bits per heavy atom. The Morgan fingerprint density at radius 2 is 1.79 bits per heavy atom. The van der Waals surface area contributed by atoms with Gasteiger partial charge < -0.3 is 18.8 Å². The third-order valence-corrected chi connectivity index (χ3v) is 10.0. The summed E-state index contributed by atoms with van der Waals surface area (Å²) in [5.41, 5.74) is 3.19. The van der Waals surface area contributed by atoms with E-state index in [9.17, 15) is 8.78 Å².